The first-order valence-corrected chi connectivity index (χ1v) is 12.7. The summed E-state index contributed by atoms with van der Waals surface area (Å²) < 4.78 is 28.2. The molecule has 2 aromatic heterocycles. The van der Waals surface area contributed by atoms with Gasteiger partial charge >= 0.3 is 12.2 Å². The minimum absolute atomic E-state index is 0.0273. The second-order valence-corrected chi connectivity index (χ2v) is 10.3. The number of nitrogens with zero attached hydrogens (tertiary/aromatic N) is 1. The van der Waals surface area contributed by atoms with E-state index < -0.39 is 18.0 Å². The summed E-state index contributed by atoms with van der Waals surface area (Å²) >= 11 is 7.67. The van der Waals surface area contributed by atoms with Crippen LogP contribution in [-0.2, 0) is 22.7 Å². The van der Waals surface area contributed by atoms with Crippen molar-refractivity contribution in [3.63, 3.8) is 0 Å². The molecule has 36 heavy (non-hydrogen) atoms. The monoisotopic (exact) mass is 531 g/mol. The summed E-state index contributed by atoms with van der Waals surface area (Å²) in [6.07, 6.45) is -1.13. The Kier molecular flexibility index (Phi) is 7.70. The van der Waals surface area contributed by atoms with Crippen LogP contribution in [0, 0.1) is 5.82 Å². The van der Waals surface area contributed by atoms with Crippen LogP contribution in [0.25, 0.3) is 26.3 Å². The lowest BCUT2D eigenvalue weighted by Crippen LogP contribution is -2.31. The summed E-state index contributed by atoms with van der Waals surface area (Å²) in [6, 6.07) is 12.1. The van der Waals surface area contributed by atoms with Gasteiger partial charge in [0.05, 0.1) is 20.9 Å². The molecule has 0 unspecified atom stereocenters. The van der Waals surface area contributed by atoms with E-state index in [-0.39, 0.29) is 30.3 Å². The van der Waals surface area contributed by atoms with E-state index >= 15 is 0 Å². The largest absolute Gasteiger partial charge is 0.445 e. The van der Waals surface area contributed by atoms with Gasteiger partial charge in [0.15, 0.2) is 0 Å². The first-order chi connectivity index (χ1) is 17.2. The maximum Gasteiger partial charge on any atom is 0.407 e. The molecule has 0 saturated heterocycles. The number of para-hydroxylation sites is 1. The van der Waals surface area contributed by atoms with Crippen LogP contribution < -0.4 is 10.6 Å². The number of hydrogen-bond acceptors (Lipinski definition) is 5. The van der Waals surface area contributed by atoms with E-state index in [1.807, 2.05) is 56.4 Å². The van der Waals surface area contributed by atoms with Crippen LogP contribution in [0.2, 0.25) is 5.02 Å². The van der Waals surface area contributed by atoms with Gasteiger partial charge in [0.25, 0.3) is 0 Å². The van der Waals surface area contributed by atoms with Crippen LogP contribution in [0.4, 0.5) is 14.0 Å². The summed E-state index contributed by atoms with van der Waals surface area (Å²) in [5.41, 5.74) is 3.58. The van der Waals surface area contributed by atoms with E-state index in [1.54, 1.807) is 12.1 Å². The third-order valence-corrected chi connectivity index (χ3v) is 6.83. The van der Waals surface area contributed by atoms with Crippen molar-refractivity contribution in [3.05, 3.63) is 64.4 Å². The zero-order valence-corrected chi connectivity index (χ0v) is 21.9. The summed E-state index contributed by atoms with van der Waals surface area (Å²) in [7, 11) is 0. The Morgan fingerprint density at radius 3 is 2.19 bits per heavy atom. The summed E-state index contributed by atoms with van der Waals surface area (Å²) in [5, 5.41) is 5.39. The zero-order chi connectivity index (χ0) is 26.0. The quantitative estimate of drug-likeness (QED) is 0.272. The number of rotatable bonds is 7. The van der Waals surface area contributed by atoms with Gasteiger partial charge in [-0.15, -0.1) is 11.3 Å². The van der Waals surface area contributed by atoms with Crippen LogP contribution in [-0.4, -0.2) is 28.7 Å². The lowest BCUT2D eigenvalue weighted by molar-refractivity contribution is 0.130. The second-order valence-electron chi connectivity index (χ2n) is 8.90. The van der Waals surface area contributed by atoms with Gasteiger partial charge in [-0.3, -0.25) is 4.40 Å². The summed E-state index contributed by atoms with van der Waals surface area (Å²) in [6.45, 7) is 7.21. The van der Waals surface area contributed by atoms with Crippen molar-refractivity contribution in [1.82, 2.24) is 15.0 Å². The highest BCUT2D eigenvalue weighted by Gasteiger charge is 2.25. The molecule has 0 fully saturated rings. The fraction of sp³-hybridized carbons (Fsp3) is 0.308. The Morgan fingerprint density at radius 1 is 0.972 bits per heavy atom. The van der Waals surface area contributed by atoms with E-state index in [0.29, 0.717) is 22.4 Å². The molecule has 10 heteroatoms. The lowest BCUT2D eigenvalue weighted by Gasteiger charge is -2.13. The van der Waals surface area contributed by atoms with Gasteiger partial charge in [-0.2, -0.15) is 0 Å². The van der Waals surface area contributed by atoms with E-state index in [4.69, 9.17) is 21.1 Å². The molecule has 4 rings (SSSR count). The van der Waals surface area contributed by atoms with E-state index in [0.717, 1.165) is 15.0 Å². The maximum atomic E-state index is 14.0. The molecular weight excluding hydrogens is 505 g/mol. The van der Waals surface area contributed by atoms with E-state index in [1.165, 1.54) is 17.4 Å². The number of halogens is 2. The van der Waals surface area contributed by atoms with Gasteiger partial charge in [-0.25, -0.2) is 14.0 Å². The molecule has 2 heterocycles. The molecule has 4 aromatic rings. The number of alkyl carbamates (subject to hydrolysis) is 2. The number of aromatic nitrogens is 1. The number of carbonyl (C=O) groups excluding carboxylic acids is 2. The average Bonchev–Trinajstić information content (AvgIpc) is 3.31. The zero-order valence-electron chi connectivity index (χ0n) is 20.4. The Bertz CT molecular complexity index is 1430. The van der Waals surface area contributed by atoms with Crippen molar-refractivity contribution in [2.24, 2.45) is 0 Å². The summed E-state index contributed by atoms with van der Waals surface area (Å²) in [4.78, 5) is 25.5. The normalized spacial score (nSPS) is 11.4. The SMILES string of the molecule is CC(C)NC(=O)OCc1c(COC(=O)NC(C)C)c2sc3ccccc3n2c1-c1ccc(F)c(Cl)c1. The predicted octanol–water partition coefficient (Wildman–Crippen LogP) is 6.88. The molecule has 2 aromatic carbocycles. The predicted molar refractivity (Wildman–Crippen MR) is 140 cm³/mol. The van der Waals surface area contributed by atoms with Gasteiger partial charge in [0, 0.05) is 28.8 Å². The molecule has 0 aliphatic rings. The molecule has 0 atom stereocenters. The molecule has 0 bridgehead atoms. The van der Waals surface area contributed by atoms with Crippen molar-refractivity contribution in [2.75, 3.05) is 0 Å². The van der Waals surface area contributed by atoms with Crippen molar-refractivity contribution >= 4 is 50.2 Å². The van der Waals surface area contributed by atoms with E-state index in [9.17, 15) is 14.0 Å². The van der Waals surface area contributed by atoms with Gasteiger partial charge in [0.2, 0.25) is 0 Å². The third-order valence-electron chi connectivity index (χ3n) is 5.35. The first-order valence-electron chi connectivity index (χ1n) is 11.5. The Labute approximate surface area is 217 Å². The number of fused-ring (bicyclic) bond motifs is 3. The maximum absolute atomic E-state index is 14.0. The molecule has 190 valence electrons. The molecule has 0 radical (unpaired) electrons. The molecule has 2 N–H and O–H groups in total. The van der Waals surface area contributed by atoms with Crippen LogP contribution >= 0.6 is 22.9 Å². The van der Waals surface area contributed by atoms with Gasteiger partial charge in [0.1, 0.15) is 23.9 Å². The minimum atomic E-state index is -0.572. The fourth-order valence-electron chi connectivity index (χ4n) is 3.89. The second kappa shape index (κ2) is 10.8. The molecule has 2 amide bonds. The number of ether oxygens (including phenoxy) is 2. The first kappa shape index (κ1) is 25.8. The number of benzene rings is 2. The Balaban J connectivity index is 1.90. The number of carbonyl (C=O) groups is 2. The van der Waals surface area contributed by atoms with Gasteiger partial charge in [-0.05, 0) is 58.0 Å². The Hall–Kier alpha value is -3.30. The number of thiazole rings is 1. The molecule has 0 aliphatic heterocycles. The van der Waals surface area contributed by atoms with Crippen LogP contribution in [0.3, 0.4) is 0 Å². The topological polar surface area (TPSA) is 81.1 Å². The third kappa shape index (κ3) is 5.42. The van der Waals surface area contributed by atoms with E-state index in [2.05, 4.69) is 10.6 Å². The van der Waals surface area contributed by atoms with Crippen molar-refractivity contribution in [2.45, 2.75) is 53.0 Å². The minimum Gasteiger partial charge on any atom is -0.445 e. The van der Waals surface area contributed by atoms with Gasteiger partial charge in [-0.1, -0.05) is 23.7 Å². The molecule has 0 saturated carbocycles. The average molecular weight is 532 g/mol. The van der Waals surface area contributed by atoms with Crippen LogP contribution in [0.1, 0.15) is 38.8 Å². The number of amides is 2. The smallest absolute Gasteiger partial charge is 0.407 e. The fourth-order valence-corrected chi connectivity index (χ4v) is 5.28. The molecule has 0 spiro atoms. The highest BCUT2D eigenvalue weighted by Crippen LogP contribution is 2.41. The lowest BCUT2D eigenvalue weighted by atomic mass is 10.1. The van der Waals surface area contributed by atoms with Gasteiger partial charge < -0.3 is 20.1 Å². The standard InChI is InChI=1S/C26H27ClFN3O4S/c1-14(2)29-25(32)34-12-17-18(13-35-26(33)30-15(3)4)24-31(21-7-5-6-8-22(21)36-24)23(17)16-9-10-20(28)19(27)11-16/h5-11,14-15H,12-13H2,1-4H3,(H,29,32)(H,30,33). The molecule has 7 nitrogen and oxygen atoms in total. The van der Waals surface area contributed by atoms with Crippen molar-refractivity contribution < 1.29 is 23.5 Å². The Morgan fingerprint density at radius 2 is 1.58 bits per heavy atom. The van der Waals surface area contributed by atoms with Crippen molar-refractivity contribution in [3.8, 4) is 11.3 Å². The molecular formula is C26H27ClFN3O4S. The summed E-state index contributed by atoms with van der Waals surface area (Å²) in [5.74, 6) is -0.536. The number of nitrogens with one attached hydrogen (secondary N) is 2. The van der Waals surface area contributed by atoms with Crippen molar-refractivity contribution in [1.29, 1.82) is 0 Å². The van der Waals surface area contributed by atoms with Crippen LogP contribution in [0.5, 0.6) is 0 Å². The molecule has 0 aliphatic carbocycles. The van der Waals surface area contributed by atoms with Crippen LogP contribution in [0.15, 0.2) is 42.5 Å². The highest BCUT2D eigenvalue weighted by molar-refractivity contribution is 7.24. The number of hydrogen-bond donors (Lipinski definition) is 2. The highest BCUT2D eigenvalue weighted by atomic mass is 35.5.